The molecule has 1 unspecified atom stereocenters. The summed E-state index contributed by atoms with van der Waals surface area (Å²) >= 11 is 0. The number of benzene rings is 1. The molecule has 0 aliphatic carbocycles. The molecule has 1 aromatic rings. The number of fused-ring (bicyclic) bond motifs is 1. The van der Waals surface area contributed by atoms with Crippen LogP contribution in [0.25, 0.3) is 0 Å². The molecule has 1 aromatic carbocycles. The molecule has 116 valence electrons. The van der Waals surface area contributed by atoms with E-state index in [-0.39, 0.29) is 6.10 Å². The summed E-state index contributed by atoms with van der Waals surface area (Å²) < 4.78 is 11.7. The molecule has 21 heavy (non-hydrogen) atoms. The molecule has 0 spiro atoms. The minimum Gasteiger partial charge on any atom is -0.494 e. The van der Waals surface area contributed by atoms with Crippen LogP contribution in [0.4, 0.5) is 0 Å². The van der Waals surface area contributed by atoms with Gasteiger partial charge in [-0.15, -0.1) is 0 Å². The van der Waals surface area contributed by atoms with Crippen molar-refractivity contribution >= 4 is 0 Å². The third kappa shape index (κ3) is 3.33. The number of likely N-dealkylation sites (tertiary alicyclic amines) is 1. The maximum Gasteiger partial charge on any atom is 0.124 e. The number of piperidine rings is 1. The fourth-order valence-electron chi connectivity index (χ4n) is 3.25. The molecular weight excluding hydrogens is 264 g/mol. The minimum atomic E-state index is 0.276. The second-order valence-electron chi connectivity index (χ2n) is 6.25. The summed E-state index contributed by atoms with van der Waals surface area (Å²) in [5, 5.41) is 0. The highest BCUT2D eigenvalue weighted by molar-refractivity contribution is 5.48. The summed E-state index contributed by atoms with van der Waals surface area (Å²) in [6.07, 6.45) is 3.43. The van der Waals surface area contributed by atoms with Crippen LogP contribution in [-0.2, 0) is 13.0 Å². The van der Waals surface area contributed by atoms with Gasteiger partial charge in [0.25, 0.3) is 0 Å². The highest BCUT2D eigenvalue weighted by atomic mass is 16.5. The van der Waals surface area contributed by atoms with Crippen LogP contribution in [-0.4, -0.2) is 36.7 Å². The molecule has 0 amide bonds. The molecule has 1 saturated heterocycles. The van der Waals surface area contributed by atoms with E-state index < -0.39 is 0 Å². The lowest BCUT2D eigenvalue weighted by molar-refractivity contribution is 0.201. The number of rotatable bonds is 4. The molecule has 0 radical (unpaired) electrons. The monoisotopic (exact) mass is 290 g/mol. The normalized spacial score (nSPS) is 22.9. The molecular formula is C17H26N2O2. The highest BCUT2D eigenvalue weighted by Crippen LogP contribution is 2.35. The Hall–Kier alpha value is -1.26. The topological polar surface area (TPSA) is 47.7 Å². The zero-order chi connectivity index (χ0) is 14.8. The molecule has 3 rings (SSSR count). The smallest absolute Gasteiger partial charge is 0.124 e. The summed E-state index contributed by atoms with van der Waals surface area (Å²) in [6, 6.07) is 4.72. The second-order valence-corrected chi connectivity index (χ2v) is 6.25. The summed E-state index contributed by atoms with van der Waals surface area (Å²) in [5.74, 6) is 2.05. The minimum absolute atomic E-state index is 0.276. The van der Waals surface area contributed by atoms with Crippen molar-refractivity contribution in [1.29, 1.82) is 0 Å². The zero-order valence-corrected chi connectivity index (χ0v) is 13.1. The van der Waals surface area contributed by atoms with E-state index in [0.29, 0.717) is 12.6 Å². The Kier molecular flexibility index (Phi) is 4.36. The lowest BCUT2D eigenvalue weighted by atomic mass is 10.0. The van der Waals surface area contributed by atoms with Gasteiger partial charge in [0, 0.05) is 30.1 Å². The molecule has 2 aliphatic heterocycles. The molecule has 2 aliphatic rings. The Morgan fingerprint density at radius 1 is 1.33 bits per heavy atom. The van der Waals surface area contributed by atoms with Crippen LogP contribution >= 0.6 is 0 Å². The predicted octanol–water partition coefficient (Wildman–Crippen LogP) is 2.33. The van der Waals surface area contributed by atoms with Crippen LogP contribution in [0.5, 0.6) is 11.5 Å². The molecule has 1 fully saturated rings. The SMILES string of the molecule is CCOc1cc2c(cc1CN1CCC(N)CC1)OC(C)C2. The Morgan fingerprint density at radius 3 is 2.81 bits per heavy atom. The number of hydrogen-bond acceptors (Lipinski definition) is 4. The lowest BCUT2D eigenvalue weighted by Crippen LogP contribution is -2.39. The molecule has 4 nitrogen and oxygen atoms in total. The number of nitrogens with zero attached hydrogens (tertiary/aromatic N) is 1. The van der Waals surface area contributed by atoms with Crippen LogP contribution in [0.1, 0.15) is 37.8 Å². The van der Waals surface area contributed by atoms with E-state index in [4.69, 9.17) is 15.2 Å². The van der Waals surface area contributed by atoms with Gasteiger partial charge in [0.1, 0.15) is 17.6 Å². The van der Waals surface area contributed by atoms with Crippen LogP contribution in [0.3, 0.4) is 0 Å². The van der Waals surface area contributed by atoms with Gasteiger partial charge in [0.05, 0.1) is 6.61 Å². The third-order valence-electron chi connectivity index (χ3n) is 4.41. The second kappa shape index (κ2) is 6.24. The van der Waals surface area contributed by atoms with Crippen LogP contribution in [0, 0.1) is 0 Å². The Labute approximate surface area is 127 Å². The molecule has 2 heterocycles. The van der Waals surface area contributed by atoms with E-state index in [0.717, 1.165) is 50.4 Å². The third-order valence-corrected chi connectivity index (χ3v) is 4.41. The van der Waals surface area contributed by atoms with Crippen molar-refractivity contribution in [2.24, 2.45) is 5.73 Å². The zero-order valence-electron chi connectivity index (χ0n) is 13.1. The first-order valence-corrected chi connectivity index (χ1v) is 8.09. The molecule has 1 atom stereocenters. The van der Waals surface area contributed by atoms with Crippen molar-refractivity contribution in [2.45, 2.75) is 51.8 Å². The quantitative estimate of drug-likeness (QED) is 0.924. The predicted molar refractivity (Wildman–Crippen MR) is 83.9 cm³/mol. The van der Waals surface area contributed by atoms with Crippen molar-refractivity contribution in [2.75, 3.05) is 19.7 Å². The molecule has 0 bridgehead atoms. The first kappa shape index (κ1) is 14.7. The van der Waals surface area contributed by atoms with Gasteiger partial charge in [0.2, 0.25) is 0 Å². The van der Waals surface area contributed by atoms with E-state index in [1.54, 1.807) is 0 Å². The van der Waals surface area contributed by atoms with E-state index in [1.807, 2.05) is 6.92 Å². The average molecular weight is 290 g/mol. The van der Waals surface area contributed by atoms with Gasteiger partial charge in [-0.3, -0.25) is 4.90 Å². The summed E-state index contributed by atoms with van der Waals surface area (Å²) in [7, 11) is 0. The Bertz CT molecular complexity index is 496. The van der Waals surface area contributed by atoms with Crippen molar-refractivity contribution < 1.29 is 9.47 Å². The fourth-order valence-corrected chi connectivity index (χ4v) is 3.25. The molecule has 4 heteroatoms. The van der Waals surface area contributed by atoms with Crippen molar-refractivity contribution in [3.63, 3.8) is 0 Å². The number of hydrogen-bond donors (Lipinski definition) is 1. The van der Waals surface area contributed by atoms with Gasteiger partial charge in [-0.2, -0.15) is 0 Å². The molecule has 0 aromatic heterocycles. The van der Waals surface area contributed by atoms with E-state index >= 15 is 0 Å². The van der Waals surface area contributed by atoms with Crippen molar-refractivity contribution in [3.05, 3.63) is 23.3 Å². The standard InChI is InChI=1S/C17H26N2O2/c1-3-20-16-9-13-8-12(2)21-17(13)10-14(16)11-19-6-4-15(18)5-7-19/h9-10,12,15H,3-8,11,18H2,1-2H3. The molecule has 0 saturated carbocycles. The fraction of sp³-hybridized carbons (Fsp3) is 0.647. The van der Waals surface area contributed by atoms with E-state index in [9.17, 15) is 0 Å². The summed E-state index contributed by atoms with van der Waals surface area (Å²) in [4.78, 5) is 2.46. The van der Waals surface area contributed by atoms with Gasteiger partial charge in [-0.05, 0) is 51.9 Å². The van der Waals surface area contributed by atoms with Crippen LogP contribution in [0.15, 0.2) is 12.1 Å². The van der Waals surface area contributed by atoms with Gasteiger partial charge in [-0.1, -0.05) is 0 Å². The van der Waals surface area contributed by atoms with Gasteiger partial charge in [0.15, 0.2) is 0 Å². The van der Waals surface area contributed by atoms with Gasteiger partial charge in [-0.25, -0.2) is 0 Å². The van der Waals surface area contributed by atoms with Gasteiger partial charge < -0.3 is 15.2 Å². The summed E-state index contributed by atoms with van der Waals surface area (Å²) in [6.45, 7) is 7.92. The van der Waals surface area contributed by atoms with Crippen molar-refractivity contribution in [3.8, 4) is 11.5 Å². The van der Waals surface area contributed by atoms with E-state index in [2.05, 4.69) is 24.0 Å². The molecule has 2 N–H and O–H groups in total. The largest absolute Gasteiger partial charge is 0.494 e. The van der Waals surface area contributed by atoms with Gasteiger partial charge >= 0.3 is 0 Å². The number of ether oxygens (including phenoxy) is 2. The maximum atomic E-state index is 5.99. The van der Waals surface area contributed by atoms with Crippen LogP contribution < -0.4 is 15.2 Å². The maximum absolute atomic E-state index is 5.99. The first-order valence-electron chi connectivity index (χ1n) is 8.09. The summed E-state index contributed by atoms with van der Waals surface area (Å²) in [5.41, 5.74) is 8.50. The number of nitrogens with two attached hydrogens (primary N) is 1. The lowest BCUT2D eigenvalue weighted by Gasteiger charge is -2.30. The van der Waals surface area contributed by atoms with Crippen LogP contribution in [0.2, 0.25) is 0 Å². The Morgan fingerprint density at radius 2 is 2.10 bits per heavy atom. The average Bonchev–Trinajstić information content (AvgIpc) is 2.81. The Balaban J connectivity index is 1.78. The van der Waals surface area contributed by atoms with E-state index in [1.165, 1.54) is 11.1 Å². The van der Waals surface area contributed by atoms with Crippen molar-refractivity contribution in [1.82, 2.24) is 4.90 Å². The first-order chi connectivity index (χ1) is 10.2. The highest BCUT2D eigenvalue weighted by Gasteiger charge is 2.23.